The van der Waals surface area contributed by atoms with Crippen molar-refractivity contribution in [1.29, 1.82) is 0 Å². The number of hydrogen-bond donors (Lipinski definition) is 1. The summed E-state index contributed by atoms with van der Waals surface area (Å²) in [6.45, 7) is 0.539. The number of halogens is 2. The Morgan fingerprint density at radius 2 is 1.87 bits per heavy atom. The van der Waals surface area contributed by atoms with Gasteiger partial charge in [0.25, 0.3) is 11.7 Å². The summed E-state index contributed by atoms with van der Waals surface area (Å²) < 4.78 is 35.0. The van der Waals surface area contributed by atoms with Gasteiger partial charge in [0.2, 0.25) is 6.79 Å². The Morgan fingerprint density at radius 1 is 1.13 bits per heavy atom. The van der Waals surface area contributed by atoms with E-state index in [0.29, 0.717) is 40.3 Å². The van der Waals surface area contributed by atoms with Gasteiger partial charge in [0.05, 0.1) is 0 Å². The fourth-order valence-electron chi connectivity index (χ4n) is 2.12. The monoisotopic (exact) mass is 337 g/mol. The number of carbonyl (C=O) groups excluding carboxylic acids is 1. The van der Waals surface area contributed by atoms with E-state index in [0.717, 1.165) is 5.56 Å². The predicted octanol–water partition coefficient (Wildman–Crippen LogP) is 3.66. The standard InChI is InChI=1S/C16H13F2NO3S/c17-16(18)23-12-4-2-11(3-5-12)15(20)19-8-10-1-6-13-14(7-10)22-9-21-13/h1-7,16H,8-9H2,(H,19,20). The number of fused-ring (bicyclic) bond motifs is 1. The van der Waals surface area contributed by atoms with Crippen LogP contribution in [0.2, 0.25) is 0 Å². The van der Waals surface area contributed by atoms with Gasteiger partial charge in [0, 0.05) is 17.0 Å². The Kier molecular flexibility index (Phi) is 4.66. The van der Waals surface area contributed by atoms with Crippen molar-refractivity contribution in [2.45, 2.75) is 17.2 Å². The average molecular weight is 337 g/mol. The van der Waals surface area contributed by atoms with Crippen molar-refractivity contribution in [3.05, 3.63) is 53.6 Å². The van der Waals surface area contributed by atoms with E-state index in [1.807, 2.05) is 12.1 Å². The third-order valence-electron chi connectivity index (χ3n) is 3.23. The first-order chi connectivity index (χ1) is 11.1. The third-order valence-corrected chi connectivity index (χ3v) is 3.95. The van der Waals surface area contributed by atoms with E-state index in [2.05, 4.69) is 5.32 Å². The van der Waals surface area contributed by atoms with E-state index in [4.69, 9.17) is 9.47 Å². The Balaban J connectivity index is 1.58. The summed E-state index contributed by atoms with van der Waals surface area (Å²) in [4.78, 5) is 12.5. The SMILES string of the molecule is O=C(NCc1ccc2c(c1)OCO2)c1ccc(SC(F)F)cc1. The zero-order valence-electron chi connectivity index (χ0n) is 11.9. The predicted molar refractivity (Wildman–Crippen MR) is 82.0 cm³/mol. The van der Waals surface area contributed by atoms with Crippen molar-refractivity contribution in [3.63, 3.8) is 0 Å². The van der Waals surface area contributed by atoms with Crippen LogP contribution in [-0.4, -0.2) is 18.5 Å². The van der Waals surface area contributed by atoms with Gasteiger partial charge in [-0.25, -0.2) is 0 Å². The van der Waals surface area contributed by atoms with E-state index < -0.39 is 5.76 Å². The fraction of sp³-hybridized carbons (Fsp3) is 0.188. The van der Waals surface area contributed by atoms with Gasteiger partial charge in [0.15, 0.2) is 11.5 Å². The highest BCUT2D eigenvalue weighted by Gasteiger charge is 2.14. The van der Waals surface area contributed by atoms with Crippen molar-refractivity contribution in [2.75, 3.05) is 6.79 Å². The molecule has 23 heavy (non-hydrogen) atoms. The molecule has 0 atom stereocenters. The first kappa shape index (κ1) is 15.6. The fourth-order valence-corrected chi connectivity index (χ4v) is 2.62. The summed E-state index contributed by atoms with van der Waals surface area (Å²) in [5.74, 6) is -1.39. The van der Waals surface area contributed by atoms with Crippen LogP contribution >= 0.6 is 11.8 Å². The number of benzene rings is 2. The van der Waals surface area contributed by atoms with E-state index in [1.165, 1.54) is 24.3 Å². The second-order valence-corrected chi connectivity index (χ2v) is 5.84. The molecule has 0 aliphatic carbocycles. The van der Waals surface area contributed by atoms with Gasteiger partial charge in [0.1, 0.15) is 0 Å². The van der Waals surface area contributed by atoms with Gasteiger partial charge in [-0.3, -0.25) is 4.79 Å². The number of hydrogen-bond acceptors (Lipinski definition) is 4. The molecule has 2 aromatic rings. The summed E-state index contributed by atoms with van der Waals surface area (Å²) in [7, 11) is 0. The maximum Gasteiger partial charge on any atom is 0.288 e. The number of alkyl halides is 2. The largest absolute Gasteiger partial charge is 0.454 e. The first-order valence-corrected chi connectivity index (χ1v) is 7.71. The maximum absolute atomic E-state index is 12.2. The van der Waals surface area contributed by atoms with Crippen molar-refractivity contribution in [3.8, 4) is 11.5 Å². The molecule has 1 amide bonds. The molecule has 3 rings (SSSR count). The Labute approximate surface area is 135 Å². The van der Waals surface area contributed by atoms with Crippen LogP contribution in [0.15, 0.2) is 47.4 Å². The highest BCUT2D eigenvalue weighted by Crippen LogP contribution is 2.32. The second-order valence-electron chi connectivity index (χ2n) is 4.77. The normalized spacial score (nSPS) is 12.5. The molecule has 0 bridgehead atoms. The Morgan fingerprint density at radius 3 is 2.61 bits per heavy atom. The van der Waals surface area contributed by atoms with Gasteiger partial charge >= 0.3 is 0 Å². The average Bonchev–Trinajstić information content (AvgIpc) is 3.00. The minimum Gasteiger partial charge on any atom is -0.454 e. The molecule has 0 saturated carbocycles. The first-order valence-electron chi connectivity index (χ1n) is 6.83. The molecule has 2 aromatic carbocycles. The summed E-state index contributed by atoms with van der Waals surface area (Å²) >= 11 is 0.450. The number of carbonyl (C=O) groups is 1. The summed E-state index contributed by atoms with van der Waals surface area (Å²) in [6, 6.07) is 11.5. The summed E-state index contributed by atoms with van der Waals surface area (Å²) in [5, 5.41) is 2.78. The van der Waals surface area contributed by atoms with Crippen molar-refractivity contribution >= 4 is 17.7 Å². The molecule has 0 fully saturated rings. The molecule has 1 N–H and O–H groups in total. The molecule has 0 spiro atoms. The third kappa shape index (κ3) is 3.92. The number of rotatable bonds is 5. The van der Waals surface area contributed by atoms with Crippen molar-refractivity contribution in [1.82, 2.24) is 5.32 Å². The van der Waals surface area contributed by atoms with Crippen LogP contribution in [0.25, 0.3) is 0 Å². The van der Waals surface area contributed by atoms with E-state index >= 15 is 0 Å². The van der Waals surface area contributed by atoms with Crippen LogP contribution in [0.1, 0.15) is 15.9 Å². The maximum atomic E-state index is 12.2. The molecule has 1 heterocycles. The van der Waals surface area contributed by atoms with Crippen molar-refractivity contribution < 1.29 is 23.0 Å². The minimum atomic E-state index is -2.47. The topological polar surface area (TPSA) is 47.6 Å². The van der Waals surface area contributed by atoms with Crippen LogP contribution in [0.3, 0.4) is 0 Å². The van der Waals surface area contributed by atoms with Gasteiger partial charge in [-0.1, -0.05) is 17.8 Å². The molecule has 0 unspecified atom stereocenters. The Hall–Kier alpha value is -2.28. The second kappa shape index (κ2) is 6.87. The van der Waals surface area contributed by atoms with Crippen LogP contribution in [0, 0.1) is 0 Å². The molecule has 0 saturated heterocycles. The van der Waals surface area contributed by atoms with Crippen molar-refractivity contribution in [2.24, 2.45) is 0 Å². The quantitative estimate of drug-likeness (QED) is 0.846. The Bertz CT molecular complexity index is 707. The number of nitrogens with one attached hydrogen (secondary N) is 1. The smallest absolute Gasteiger partial charge is 0.288 e. The zero-order chi connectivity index (χ0) is 16.2. The number of ether oxygens (including phenoxy) is 2. The lowest BCUT2D eigenvalue weighted by molar-refractivity contribution is 0.0950. The van der Waals surface area contributed by atoms with Gasteiger partial charge in [-0.2, -0.15) is 8.78 Å². The highest BCUT2D eigenvalue weighted by molar-refractivity contribution is 7.99. The molecule has 120 valence electrons. The molecule has 4 nitrogen and oxygen atoms in total. The van der Waals surface area contributed by atoms with Crippen LogP contribution in [0.4, 0.5) is 8.78 Å². The zero-order valence-corrected chi connectivity index (χ0v) is 12.7. The lowest BCUT2D eigenvalue weighted by Crippen LogP contribution is -2.22. The molecule has 7 heteroatoms. The molecular weight excluding hydrogens is 324 g/mol. The summed E-state index contributed by atoms with van der Waals surface area (Å²) in [6.07, 6.45) is 0. The van der Waals surface area contributed by atoms with Gasteiger partial charge < -0.3 is 14.8 Å². The molecule has 0 radical (unpaired) electrons. The molecule has 1 aliphatic heterocycles. The van der Waals surface area contributed by atoms with Gasteiger partial charge in [-0.15, -0.1) is 0 Å². The van der Waals surface area contributed by atoms with E-state index in [1.54, 1.807) is 6.07 Å². The lowest BCUT2D eigenvalue weighted by Gasteiger charge is -2.07. The van der Waals surface area contributed by atoms with Crippen LogP contribution < -0.4 is 14.8 Å². The summed E-state index contributed by atoms with van der Waals surface area (Å²) in [5.41, 5.74) is 1.30. The molecule has 1 aliphatic rings. The number of amides is 1. The molecular formula is C16H13F2NO3S. The van der Waals surface area contributed by atoms with Crippen LogP contribution in [0.5, 0.6) is 11.5 Å². The molecule has 0 aromatic heterocycles. The van der Waals surface area contributed by atoms with E-state index in [9.17, 15) is 13.6 Å². The lowest BCUT2D eigenvalue weighted by atomic mass is 10.2. The minimum absolute atomic E-state index is 0.203. The highest BCUT2D eigenvalue weighted by atomic mass is 32.2. The van der Waals surface area contributed by atoms with Crippen LogP contribution in [-0.2, 0) is 6.54 Å². The van der Waals surface area contributed by atoms with E-state index in [-0.39, 0.29) is 12.7 Å². The number of thioether (sulfide) groups is 1. The van der Waals surface area contributed by atoms with Gasteiger partial charge in [-0.05, 0) is 42.0 Å².